The largest absolute Gasteiger partial charge is 0.507 e. The summed E-state index contributed by atoms with van der Waals surface area (Å²) in [6.07, 6.45) is 0.744. The van der Waals surface area contributed by atoms with Crippen molar-refractivity contribution >= 4 is 0 Å². The van der Waals surface area contributed by atoms with Crippen LogP contribution >= 0.6 is 0 Å². The number of rotatable bonds is 8. The second kappa shape index (κ2) is 8.34. The molecule has 1 atom stereocenters. The van der Waals surface area contributed by atoms with E-state index in [1.54, 1.807) is 0 Å². The Labute approximate surface area is 128 Å². The predicted octanol–water partition coefficient (Wildman–Crippen LogP) is 0.638. The van der Waals surface area contributed by atoms with Gasteiger partial charge in [-0.1, -0.05) is 12.1 Å². The number of aliphatic hydroxyl groups is 1. The lowest BCUT2D eigenvalue weighted by Gasteiger charge is -2.20. The van der Waals surface area contributed by atoms with Crippen LogP contribution in [0.2, 0.25) is 0 Å². The van der Waals surface area contributed by atoms with Crippen LogP contribution in [0.3, 0.4) is 0 Å². The number of phenols is 1. The van der Waals surface area contributed by atoms with Gasteiger partial charge < -0.3 is 25.3 Å². The van der Waals surface area contributed by atoms with Crippen LogP contribution in [0.15, 0.2) is 12.1 Å². The Morgan fingerprint density at radius 2 is 1.52 bits per heavy atom. The van der Waals surface area contributed by atoms with Gasteiger partial charge in [-0.15, -0.1) is 0 Å². The van der Waals surface area contributed by atoms with Crippen molar-refractivity contribution in [3.63, 3.8) is 0 Å². The van der Waals surface area contributed by atoms with Crippen molar-refractivity contribution in [1.29, 1.82) is 0 Å². The van der Waals surface area contributed by atoms with E-state index < -0.39 is 0 Å². The fourth-order valence-corrected chi connectivity index (χ4v) is 2.41. The smallest absolute Gasteiger partial charge is 0.124 e. The Morgan fingerprint density at radius 3 is 1.86 bits per heavy atom. The normalized spacial score (nSPS) is 13.1. The molecule has 0 aliphatic rings. The molecule has 120 valence electrons. The minimum Gasteiger partial charge on any atom is -0.507 e. The number of aliphatic hydroxyl groups excluding tert-OH is 1. The molecule has 0 spiro atoms. The van der Waals surface area contributed by atoms with E-state index in [2.05, 4.69) is 5.32 Å². The molecule has 5 heteroatoms. The Morgan fingerprint density at radius 1 is 1.05 bits per heavy atom. The van der Waals surface area contributed by atoms with Gasteiger partial charge in [-0.2, -0.15) is 0 Å². The molecule has 1 unspecified atom stereocenters. The number of hydrogen-bond acceptors (Lipinski definition) is 5. The molecule has 0 amide bonds. The molecule has 0 aromatic heterocycles. The molecule has 0 radical (unpaired) electrons. The first-order chi connectivity index (χ1) is 9.87. The summed E-state index contributed by atoms with van der Waals surface area (Å²) in [5.41, 5.74) is 3.00. The van der Waals surface area contributed by atoms with Crippen LogP contribution in [0.25, 0.3) is 0 Å². The number of aromatic hydroxyl groups is 1. The number of nitrogens with zero attached hydrogens (tertiary/aromatic N) is 2. The molecule has 21 heavy (non-hydrogen) atoms. The zero-order chi connectivity index (χ0) is 16.0. The van der Waals surface area contributed by atoms with Crippen molar-refractivity contribution < 1.29 is 10.2 Å². The van der Waals surface area contributed by atoms with Gasteiger partial charge in [0.1, 0.15) is 5.75 Å². The molecule has 1 aromatic carbocycles. The SMILES string of the molecule is CNC(CO)Cc1cc(CN(C)C)c(O)c(CN(C)C)c1. The van der Waals surface area contributed by atoms with Crippen molar-refractivity contribution in [2.75, 3.05) is 41.8 Å². The summed E-state index contributed by atoms with van der Waals surface area (Å²) in [4.78, 5) is 4.08. The lowest BCUT2D eigenvalue weighted by molar-refractivity contribution is 0.248. The molecule has 0 aliphatic carbocycles. The lowest BCUT2D eigenvalue weighted by atomic mass is 9.98. The topological polar surface area (TPSA) is 59.0 Å². The predicted molar refractivity (Wildman–Crippen MR) is 86.5 cm³/mol. The number of likely N-dealkylation sites (N-methyl/N-ethyl adjacent to an activating group) is 1. The molecule has 0 saturated carbocycles. The minimum atomic E-state index is 0.0361. The monoisotopic (exact) mass is 295 g/mol. The molecule has 5 nitrogen and oxygen atoms in total. The van der Waals surface area contributed by atoms with E-state index in [1.165, 1.54) is 0 Å². The summed E-state index contributed by atoms with van der Waals surface area (Å²) in [6.45, 7) is 1.50. The van der Waals surface area contributed by atoms with E-state index in [9.17, 15) is 10.2 Å². The quantitative estimate of drug-likeness (QED) is 0.657. The van der Waals surface area contributed by atoms with Crippen LogP contribution in [-0.4, -0.2) is 67.9 Å². The maximum Gasteiger partial charge on any atom is 0.124 e. The second-order valence-electron chi connectivity index (χ2n) is 6.11. The summed E-state index contributed by atoms with van der Waals surface area (Å²) < 4.78 is 0. The second-order valence-corrected chi connectivity index (χ2v) is 6.11. The highest BCUT2D eigenvalue weighted by atomic mass is 16.3. The van der Waals surface area contributed by atoms with E-state index >= 15 is 0 Å². The fraction of sp³-hybridized carbons (Fsp3) is 0.625. The summed E-state index contributed by atoms with van der Waals surface area (Å²) in [7, 11) is 9.80. The molecule has 0 bridgehead atoms. The highest BCUT2D eigenvalue weighted by molar-refractivity contribution is 5.44. The fourth-order valence-electron chi connectivity index (χ4n) is 2.41. The minimum absolute atomic E-state index is 0.0361. The highest BCUT2D eigenvalue weighted by Gasteiger charge is 2.14. The molecule has 1 rings (SSSR count). The van der Waals surface area contributed by atoms with Crippen LogP contribution in [0, 0.1) is 0 Å². The Hall–Kier alpha value is -1.14. The van der Waals surface area contributed by atoms with Crippen LogP contribution in [0.1, 0.15) is 16.7 Å². The number of nitrogens with one attached hydrogen (secondary N) is 1. The molecule has 3 N–H and O–H groups in total. The highest BCUT2D eigenvalue weighted by Crippen LogP contribution is 2.27. The van der Waals surface area contributed by atoms with Crippen molar-refractivity contribution in [2.45, 2.75) is 25.6 Å². The van der Waals surface area contributed by atoms with Gasteiger partial charge in [-0.25, -0.2) is 0 Å². The van der Waals surface area contributed by atoms with Gasteiger partial charge in [0, 0.05) is 30.3 Å². The molecule has 0 fully saturated rings. The van der Waals surface area contributed by atoms with E-state index in [4.69, 9.17) is 0 Å². The number of hydrogen-bond donors (Lipinski definition) is 3. The molecule has 0 saturated heterocycles. The standard InChI is InChI=1S/C16H29N3O2/c1-17-15(11-20)8-12-6-13(9-18(2)3)16(21)14(7-12)10-19(4)5/h6-7,15,17,20-21H,8-11H2,1-5H3. The van der Waals surface area contributed by atoms with Gasteiger partial charge >= 0.3 is 0 Å². The maximum atomic E-state index is 10.4. The van der Waals surface area contributed by atoms with Gasteiger partial charge in [0.05, 0.1) is 6.61 Å². The van der Waals surface area contributed by atoms with Crippen LogP contribution in [0.4, 0.5) is 0 Å². The molecular formula is C16H29N3O2. The van der Waals surface area contributed by atoms with Crippen LogP contribution < -0.4 is 5.32 Å². The van der Waals surface area contributed by atoms with Crippen LogP contribution in [-0.2, 0) is 19.5 Å². The Balaban J connectivity index is 3.12. The van der Waals surface area contributed by atoms with Crippen molar-refractivity contribution in [1.82, 2.24) is 15.1 Å². The van der Waals surface area contributed by atoms with Gasteiger partial charge in [-0.3, -0.25) is 0 Å². The van der Waals surface area contributed by atoms with Crippen molar-refractivity contribution in [3.8, 4) is 5.75 Å². The first-order valence-corrected chi connectivity index (χ1v) is 7.28. The molecule has 1 aromatic rings. The lowest BCUT2D eigenvalue weighted by Crippen LogP contribution is -2.31. The van der Waals surface area contributed by atoms with Gasteiger partial charge in [0.15, 0.2) is 0 Å². The van der Waals surface area contributed by atoms with E-state index in [0.29, 0.717) is 18.8 Å². The van der Waals surface area contributed by atoms with E-state index in [-0.39, 0.29) is 12.6 Å². The first-order valence-electron chi connectivity index (χ1n) is 7.28. The Kier molecular flexibility index (Phi) is 7.11. The Bertz CT molecular complexity index is 412. The summed E-state index contributed by atoms with van der Waals surface area (Å²) in [6, 6.07) is 4.11. The molecule has 0 aliphatic heterocycles. The third-order valence-corrected chi connectivity index (χ3v) is 3.41. The van der Waals surface area contributed by atoms with Gasteiger partial charge in [0.2, 0.25) is 0 Å². The zero-order valence-electron chi connectivity index (χ0n) is 13.8. The average Bonchev–Trinajstić information content (AvgIpc) is 2.39. The average molecular weight is 295 g/mol. The van der Waals surface area contributed by atoms with Crippen LogP contribution in [0.5, 0.6) is 5.75 Å². The van der Waals surface area contributed by atoms with Gasteiger partial charge in [-0.05, 0) is 47.2 Å². The number of benzene rings is 1. The maximum absolute atomic E-state index is 10.4. The zero-order valence-corrected chi connectivity index (χ0v) is 13.8. The number of phenolic OH excluding ortho intramolecular Hbond substituents is 1. The van der Waals surface area contributed by atoms with E-state index in [0.717, 1.165) is 23.1 Å². The van der Waals surface area contributed by atoms with Crippen molar-refractivity contribution in [3.05, 3.63) is 28.8 Å². The first kappa shape index (κ1) is 17.9. The van der Waals surface area contributed by atoms with E-state index in [1.807, 2.05) is 57.2 Å². The summed E-state index contributed by atoms with van der Waals surface area (Å²) in [5.74, 6) is 0.381. The van der Waals surface area contributed by atoms with Crippen molar-refractivity contribution in [2.24, 2.45) is 0 Å². The third kappa shape index (κ3) is 5.63. The molecular weight excluding hydrogens is 266 g/mol. The van der Waals surface area contributed by atoms with Gasteiger partial charge in [0.25, 0.3) is 0 Å². The summed E-state index contributed by atoms with van der Waals surface area (Å²) in [5, 5.41) is 22.9. The molecule has 0 heterocycles. The summed E-state index contributed by atoms with van der Waals surface area (Å²) >= 11 is 0. The third-order valence-electron chi connectivity index (χ3n) is 3.41.